The van der Waals surface area contributed by atoms with Gasteiger partial charge in [0.05, 0.1) is 11.7 Å². The first-order chi connectivity index (χ1) is 13.5. The van der Waals surface area contributed by atoms with Gasteiger partial charge in [-0.25, -0.2) is 4.79 Å². The molecule has 146 valence electrons. The molecule has 3 aromatic rings. The lowest BCUT2D eigenvalue weighted by atomic mass is 10.1. The van der Waals surface area contributed by atoms with E-state index in [4.69, 9.17) is 4.42 Å². The first-order valence-electron chi connectivity index (χ1n) is 9.46. The second-order valence-corrected chi connectivity index (χ2v) is 6.86. The third-order valence-electron chi connectivity index (χ3n) is 4.86. The SMILES string of the molecule is CCC(NC(=O)c1c(C)cc(CCc2ccccc2)oc1=O)c1ccnn1C. The minimum absolute atomic E-state index is 0.0593. The molecule has 3 rings (SSSR count). The maximum atomic E-state index is 12.8. The Morgan fingerprint density at radius 2 is 1.96 bits per heavy atom. The summed E-state index contributed by atoms with van der Waals surface area (Å²) in [4.78, 5) is 25.2. The quantitative estimate of drug-likeness (QED) is 0.683. The molecular weight excluding hydrogens is 354 g/mol. The first-order valence-corrected chi connectivity index (χ1v) is 9.46. The molecule has 28 heavy (non-hydrogen) atoms. The minimum Gasteiger partial charge on any atom is -0.427 e. The molecule has 0 aliphatic heterocycles. The van der Waals surface area contributed by atoms with Crippen LogP contribution in [0.3, 0.4) is 0 Å². The number of nitrogens with zero attached hydrogens (tertiary/aromatic N) is 2. The van der Waals surface area contributed by atoms with E-state index in [1.165, 1.54) is 5.56 Å². The highest BCUT2D eigenvalue weighted by Gasteiger charge is 2.21. The van der Waals surface area contributed by atoms with Crippen molar-refractivity contribution in [2.75, 3.05) is 0 Å². The number of hydrogen-bond donors (Lipinski definition) is 1. The van der Waals surface area contributed by atoms with Gasteiger partial charge < -0.3 is 9.73 Å². The third-order valence-corrected chi connectivity index (χ3v) is 4.86. The van der Waals surface area contributed by atoms with Crippen molar-refractivity contribution < 1.29 is 9.21 Å². The predicted octanol–water partition coefficient (Wildman–Crippen LogP) is 3.35. The average Bonchev–Trinajstić information content (AvgIpc) is 3.10. The normalized spacial score (nSPS) is 12.0. The van der Waals surface area contributed by atoms with Crippen molar-refractivity contribution in [1.82, 2.24) is 15.1 Å². The largest absolute Gasteiger partial charge is 0.427 e. The highest BCUT2D eigenvalue weighted by molar-refractivity contribution is 5.95. The van der Waals surface area contributed by atoms with Crippen molar-refractivity contribution in [3.8, 4) is 0 Å². The van der Waals surface area contributed by atoms with Crippen LogP contribution in [0.25, 0.3) is 0 Å². The van der Waals surface area contributed by atoms with Crippen molar-refractivity contribution >= 4 is 5.91 Å². The number of aryl methyl sites for hydroxylation is 4. The highest BCUT2D eigenvalue weighted by atomic mass is 16.4. The number of rotatable bonds is 7. The molecule has 1 atom stereocenters. The van der Waals surface area contributed by atoms with Crippen LogP contribution in [0.1, 0.15) is 52.3 Å². The molecule has 0 spiro atoms. The van der Waals surface area contributed by atoms with Gasteiger partial charge in [0, 0.05) is 19.7 Å². The van der Waals surface area contributed by atoms with E-state index in [9.17, 15) is 9.59 Å². The number of carbonyl (C=O) groups is 1. The minimum atomic E-state index is -0.597. The Balaban J connectivity index is 1.75. The molecule has 6 heteroatoms. The van der Waals surface area contributed by atoms with Crippen molar-refractivity contribution in [3.05, 3.63) is 87.2 Å². The van der Waals surface area contributed by atoms with E-state index in [0.717, 1.165) is 12.1 Å². The molecule has 2 heterocycles. The lowest BCUT2D eigenvalue weighted by molar-refractivity contribution is 0.0929. The van der Waals surface area contributed by atoms with E-state index in [-0.39, 0.29) is 11.6 Å². The summed E-state index contributed by atoms with van der Waals surface area (Å²) < 4.78 is 7.15. The second kappa shape index (κ2) is 8.69. The van der Waals surface area contributed by atoms with Crippen molar-refractivity contribution in [1.29, 1.82) is 0 Å². The lowest BCUT2D eigenvalue weighted by Gasteiger charge is -2.17. The molecule has 0 saturated heterocycles. The van der Waals surface area contributed by atoms with Crippen LogP contribution in [0.15, 0.2) is 57.9 Å². The summed E-state index contributed by atoms with van der Waals surface area (Å²) in [5.41, 5.74) is 2.14. The van der Waals surface area contributed by atoms with E-state index in [1.807, 2.05) is 50.4 Å². The fraction of sp³-hybridized carbons (Fsp3) is 0.318. The maximum Gasteiger partial charge on any atom is 0.349 e. The summed E-state index contributed by atoms with van der Waals surface area (Å²) in [7, 11) is 1.82. The Morgan fingerprint density at radius 1 is 1.21 bits per heavy atom. The molecule has 0 saturated carbocycles. The van der Waals surface area contributed by atoms with Gasteiger partial charge in [0.15, 0.2) is 0 Å². The van der Waals surface area contributed by atoms with Crippen LogP contribution in [0, 0.1) is 6.92 Å². The fourth-order valence-corrected chi connectivity index (χ4v) is 3.32. The Kier molecular flexibility index (Phi) is 6.09. The summed E-state index contributed by atoms with van der Waals surface area (Å²) in [6, 6.07) is 13.4. The van der Waals surface area contributed by atoms with Crippen molar-refractivity contribution in [2.45, 2.75) is 39.2 Å². The molecule has 0 aliphatic rings. The molecule has 0 aliphatic carbocycles. The standard InChI is InChI=1S/C22H25N3O3/c1-4-18(19-12-13-23-25(19)3)24-21(26)20-15(2)14-17(28-22(20)27)11-10-16-8-6-5-7-9-16/h5-9,12-14,18H,4,10-11H2,1-3H3,(H,24,26). The van der Waals surface area contributed by atoms with Crippen LogP contribution < -0.4 is 10.9 Å². The third kappa shape index (κ3) is 4.39. The predicted molar refractivity (Wildman–Crippen MR) is 107 cm³/mol. The molecule has 1 unspecified atom stereocenters. The van der Waals surface area contributed by atoms with Crippen LogP contribution in [-0.4, -0.2) is 15.7 Å². The van der Waals surface area contributed by atoms with Gasteiger partial charge in [-0.15, -0.1) is 0 Å². The van der Waals surface area contributed by atoms with E-state index < -0.39 is 11.5 Å². The Morgan fingerprint density at radius 3 is 2.57 bits per heavy atom. The van der Waals surface area contributed by atoms with Gasteiger partial charge in [-0.3, -0.25) is 9.48 Å². The van der Waals surface area contributed by atoms with Crippen LogP contribution >= 0.6 is 0 Å². The molecular formula is C22H25N3O3. The fourth-order valence-electron chi connectivity index (χ4n) is 3.32. The topological polar surface area (TPSA) is 77.1 Å². The number of nitrogens with one attached hydrogen (secondary N) is 1. The molecule has 1 amide bonds. The van der Waals surface area contributed by atoms with Crippen LogP contribution in [-0.2, 0) is 19.9 Å². The summed E-state index contributed by atoms with van der Waals surface area (Å²) in [6.45, 7) is 3.74. The van der Waals surface area contributed by atoms with Crippen LogP contribution in [0.5, 0.6) is 0 Å². The molecule has 0 radical (unpaired) electrons. The first kappa shape index (κ1) is 19.6. The zero-order valence-electron chi connectivity index (χ0n) is 16.4. The van der Waals surface area contributed by atoms with Crippen LogP contribution in [0.4, 0.5) is 0 Å². The van der Waals surface area contributed by atoms with Crippen molar-refractivity contribution in [2.24, 2.45) is 7.05 Å². The Bertz CT molecular complexity index is 1010. The number of benzene rings is 1. The molecule has 0 fully saturated rings. The summed E-state index contributed by atoms with van der Waals surface area (Å²) in [5, 5.41) is 7.07. The Labute approximate surface area is 164 Å². The zero-order valence-corrected chi connectivity index (χ0v) is 16.4. The van der Waals surface area contributed by atoms with E-state index in [2.05, 4.69) is 10.4 Å². The number of carbonyl (C=O) groups excluding carboxylic acids is 1. The Hall–Kier alpha value is -3.15. The summed E-state index contributed by atoms with van der Waals surface area (Å²) in [5.74, 6) is 0.162. The molecule has 2 aromatic heterocycles. The van der Waals surface area contributed by atoms with Gasteiger partial charge in [-0.2, -0.15) is 5.10 Å². The highest BCUT2D eigenvalue weighted by Crippen LogP contribution is 2.17. The lowest BCUT2D eigenvalue weighted by Crippen LogP contribution is -2.33. The van der Waals surface area contributed by atoms with Gasteiger partial charge in [0.25, 0.3) is 5.91 Å². The summed E-state index contributed by atoms with van der Waals surface area (Å²) >= 11 is 0. The maximum absolute atomic E-state index is 12.8. The number of amides is 1. The molecule has 0 bridgehead atoms. The smallest absolute Gasteiger partial charge is 0.349 e. The molecule has 1 N–H and O–H groups in total. The van der Waals surface area contributed by atoms with Gasteiger partial charge >= 0.3 is 5.63 Å². The second-order valence-electron chi connectivity index (χ2n) is 6.86. The zero-order chi connectivity index (χ0) is 20.1. The summed E-state index contributed by atoms with van der Waals surface area (Å²) in [6.07, 6.45) is 3.75. The van der Waals surface area contributed by atoms with E-state index in [1.54, 1.807) is 23.9 Å². The monoisotopic (exact) mass is 379 g/mol. The van der Waals surface area contributed by atoms with Gasteiger partial charge in [-0.1, -0.05) is 37.3 Å². The van der Waals surface area contributed by atoms with E-state index in [0.29, 0.717) is 24.2 Å². The van der Waals surface area contributed by atoms with Gasteiger partial charge in [0.1, 0.15) is 11.3 Å². The van der Waals surface area contributed by atoms with Crippen LogP contribution in [0.2, 0.25) is 0 Å². The van der Waals surface area contributed by atoms with Crippen molar-refractivity contribution in [3.63, 3.8) is 0 Å². The van der Waals surface area contributed by atoms with Gasteiger partial charge in [0.2, 0.25) is 0 Å². The van der Waals surface area contributed by atoms with E-state index >= 15 is 0 Å². The number of hydrogen-bond acceptors (Lipinski definition) is 4. The number of aromatic nitrogens is 2. The molecule has 6 nitrogen and oxygen atoms in total. The molecule has 1 aromatic carbocycles. The van der Waals surface area contributed by atoms with Gasteiger partial charge in [-0.05, 0) is 43.0 Å². The average molecular weight is 379 g/mol.